The summed E-state index contributed by atoms with van der Waals surface area (Å²) in [5.74, 6) is 1.01. The Morgan fingerprint density at radius 3 is 2.38 bits per heavy atom. The number of rotatable bonds is 3. The molecule has 0 atom stereocenters. The summed E-state index contributed by atoms with van der Waals surface area (Å²) in [5.41, 5.74) is 0.643. The van der Waals surface area contributed by atoms with Gasteiger partial charge >= 0.3 is 0 Å². The van der Waals surface area contributed by atoms with Gasteiger partial charge in [-0.3, -0.25) is 0 Å². The number of halogens is 1. The highest BCUT2D eigenvalue weighted by Gasteiger charge is 2.37. The third-order valence-corrected chi connectivity index (χ3v) is 6.92. The van der Waals surface area contributed by atoms with Crippen LogP contribution < -0.4 is 4.90 Å². The summed E-state index contributed by atoms with van der Waals surface area (Å²) in [6.07, 6.45) is 12.1. The normalized spacial score (nSPS) is 19.8. The molecule has 0 N–H and O–H groups in total. The molecular weight excluding hydrogens is 338 g/mol. The third kappa shape index (κ3) is 3.40. The van der Waals surface area contributed by atoms with Gasteiger partial charge in [0.25, 0.3) is 0 Å². The summed E-state index contributed by atoms with van der Waals surface area (Å²) in [6, 6.07) is 7.84. The number of aromatic nitrogens is 2. The topological polar surface area (TPSA) is 29.0 Å². The lowest BCUT2D eigenvalue weighted by Gasteiger charge is -2.39. The number of benzene rings is 1. The van der Waals surface area contributed by atoms with Crippen molar-refractivity contribution in [1.82, 2.24) is 9.97 Å². The van der Waals surface area contributed by atoms with Crippen molar-refractivity contribution in [1.29, 1.82) is 0 Å². The number of anilines is 1. The first-order chi connectivity index (χ1) is 11.7. The molecule has 2 aromatic rings. The van der Waals surface area contributed by atoms with Crippen molar-refractivity contribution in [2.24, 2.45) is 5.41 Å². The van der Waals surface area contributed by atoms with Gasteiger partial charge in [-0.15, -0.1) is 0 Å². The van der Waals surface area contributed by atoms with Crippen LogP contribution in [0.4, 0.5) is 5.82 Å². The number of piperidine rings is 1. The van der Waals surface area contributed by atoms with E-state index in [4.69, 9.17) is 11.6 Å². The van der Waals surface area contributed by atoms with Gasteiger partial charge in [0.1, 0.15) is 10.8 Å². The maximum Gasteiger partial charge on any atom is 0.147 e. The Morgan fingerprint density at radius 1 is 0.958 bits per heavy atom. The maximum absolute atomic E-state index is 6.21. The molecule has 1 spiro atoms. The van der Waals surface area contributed by atoms with Crippen molar-refractivity contribution in [3.05, 3.63) is 41.7 Å². The van der Waals surface area contributed by atoms with Gasteiger partial charge in [-0.2, -0.15) is 0 Å². The second kappa shape index (κ2) is 6.93. The molecule has 24 heavy (non-hydrogen) atoms. The van der Waals surface area contributed by atoms with Gasteiger partial charge in [0.2, 0.25) is 0 Å². The minimum Gasteiger partial charge on any atom is -0.355 e. The lowest BCUT2D eigenvalue weighted by molar-refractivity contribution is 0.226. The Kier molecular flexibility index (Phi) is 4.68. The largest absolute Gasteiger partial charge is 0.355 e. The molecule has 0 radical (unpaired) electrons. The molecule has 1 saturated carbocycles. The van der Waals surface area contributed by atoms with E-state index in [0.717, 1.165) is 33.9 Å². The molecule has 5 heteroatoms. The quantitative estimate of drug-likeness (QED) is 0.729. The van der Waals surface area contributed by atoms with Crippen LogP contribution in [0.1, 0.15) is 38.5 Å². The van der Waals surface area contributed by atoms with E-state index in [1.54, 1.807) is 11.8 Å². The van der Waals surface area contributed by atoms with E-state index in [-0.39, 0.29) is 0 Å². The molecular formula is C19H22ClN3S. The predicted octanol–water partition coefficient (Wildman–Crippen LogP) is 5.44. The zero-order valence-corrected chi connectivity index (χ0v) is 15.3. The fourth-order valence-electron chi connectivity index (χ4n) is 4.00. The van der Waals surface area contributed by atoms with Gasteiger partial charge in [-0.1, -0.05) is 48.3 Å². The molecule has 126 valence electrons. The predicted molar refractivity (Wildman–Crippen MR) is 100.0 cm³/mol. The smallest absolute Gasteiger partial charge is 0.147 e. The Bertz CT molecular complexity index is 688. The van der Waals surface area contributed by atoms with Gasteiger partial charge in [0.15, 0.2) is 0 Å². The molecule has 0 unspecified atom stereocenters. The van der Waals surface area contributed by atoms with Crippen molar-refractivity contribution >= 4 is 29.2 Å². The van der Waals surface area contributed by atoms with Crippen LogP contribution in [0.3, 0.4) is 0 Å². The molecule has 4 rings (SSSR count). The van der Waals surface area contributed by atoms with Crippen molar-refractivity contribution in [2.75, 3.05) is 18.0 Å². The summed E-state index contributed by atoms with van der Waals surface area (Å²) in [5, 5.41) is 1.64. The van der Waals surface area contributed by atoms with E-state index < -0.39 is 0 Å². The van der Waals surface area contributed by atoms with Gasteiger partial charge < -0.3 is 4.90 Å². The van der Waals surface area contributed by atoms with Crippen LogP contribution in [0.2, 0.25) is 5.02 Å². The second-order valence-electron chi connectivity index (χ2n) is 6.94. The molecule has 1 aliphatic heterocycles. The van der Waals surface area contributed by atoms with Crippen LogP contribution in [0.25, 0.3) is 0 Å². The lowest BCUT2D eigenvalue weighted by atomic mass is 9.77. The molecule has 1 aromatic heterocycles. The highest BCUT2D eigenvalue weighted by atomic mass is 35.5. The molecule has 2 heterocycles. The van der Waals surface area contributed by atoms with E-state index >= 15 is 0 Å². The Labute approximate surface area is 152 Å². The monoisotopic (exact) mass is 359 g/mol. The number of nitrogens with zero attached hydrogens (tertiary/aromatic N) is 3. The SMILES string of the molecule is Clc1ccccc1Sc1cnc(N2CCC3(CCCC3)CC2)cn1. The standard InChI is InChI=1S/C19H22ClN3S/c20-15-5-1-2-6-16(15)24-18-14-21-17(13-22-18)23-11-9-19(10-12-23)7-3-4-8-19/h1-2,5-6,13-14H,3-4,7-12H2. The molecule has 3 nitrogen and oxygen atoms in total. The van der Waals surface area contributed by atoms with Crippen molar-refractivity contribution in [3.8, 4) is 0 Å². The molecule has 2 fully saturated rings. The van der Waals surface area contributed by atoms with Gasteiger partial charge in [-0.05, 0) is 43.2 Å². The minimum atomic E-state index is 0.643. The Hall–Kier alpha value is -1.26. The summed E-state index contributed by atoms with van der Waals surface area (Å²) in [4.78, 5) is 12.6. The van der Waals surface area contributed by atoms with Gasteiger partial charge in [-0.25, -0.2) is 9.97 Å². The maximum atomic E-state index is 6.21. The minimum absolute atomic E-state index is 0.643. The lowest BCUT2D eigenvalue weighted by Crippen LogP contribution is -2.39. The van der Waals surface area contributed by atoms with E-state index in [2.05, 4.69) is 14.9 Å². The van der Waals surface area contributed by atoms with E-state index in [1.165, 1.54) is 38.5 Å². The summed E-state index contributed by atoms with van der Waals surface area (Å²) in [7, 11) is 0. The van der Waals surface area contributed by atoms with E-state index in [0.29, 0.717) is 5.41 Å². The molecule has 1 aromatic carbocycles. The van der Waals surface area contributed by atoms with Gasteiger partial charge in [0, 0.05) is 18.0 Å². The number of hydrogen-bond donors (Lipinski definition) is 0. The summed E-state index contributed by atoms with van der Waals surface area (Å²) in [6.45, 7) is 2.23. The number of hydrogen-bond acceptors (Lipinski definition) is 4. The van der Waals surface area contributed by atoms with Crippen LogP contribution >= 0.6 is 23.4 Å². The van der Waals surface area contributed by atoms with Crippen LogP contribution in [0.5, 0.6) is 0 Å². The Balaban J connectivity index is 1.40. The van der Waals surface area contributed by atoms with Crippen molar-refractivity contribution in [2.45, 2.75) is 48.4 Å². The highest BCUT2D eigenvalue weighted by molar-refractivity contribution is 7.99. The van der Waals surface area contributed by atoms with Crippen molar-refractivity contribution < 1.29 is 0 Å². The average Bonchev–Trinajstić information content (AvgIpc) is 3.07. The zero-order chi connectivity index (χ0) is 16.4. The van der Waals surface area contributed by atoms with E-state index in [1.807, 2.05) is 36.7 Å². The molecule has 2 aliphatic rings. The first-order valence-electron chi connectivity index (χ1n) is 8.74. The molecule has 1 aliphatic carbocycles. The molecule has 0 bridgehead atoms. The fourth-order valence-corrected chi connectivity index (χ4v) is 5.00. The molecule has 1 saturated heterocycles. The van der Waals surface area contributed by atoms with Crippen molar-refractivity contribution in [3.63, 3.8) is 0 Å². The highest BCUT2D eigenvalue weighted by Crippen LogP contribution is 2.46. The first-order valence-corrected chi connectivity index (χ1v) is 9.93. The zero-order valence-electron chi connectivity index (χ0n) is 13.7. The van der Waals surface area contributed by atoms with Gasteiger partial charge in [0.05, 0.1) is 17.4 Å². The summed E-state index contributed by atoms with van der Waals surface area (Å²) >= 11 is 7.77. The molecule has 0 amide bonds. The van der Waals surface area contributed by atoms with Crippen LogP contribution in [0, 0.1) is 5.41 Å². The van der Waals surface area contributed by atoms with E-state index in [9.17, 15) is 0 Å². The third-order valence-electron chi connectivity index (χ3n) is 5.48. The average molecular weight is 360 g/mol. The van der Waals surface area contributed by atoms with Crippen LogP contribution in [-0.4, -0.2) is 23.1 Å². The van der Waals surface area contributed by atoms with Crippen LogP contribution in [-0.2, 0) is 0 Å². The fraction of sp³-hybridized carbons (Fsp3) is 0.474. The summed E-state index contributed by atoms with van der Waals surface area (Å²) < 4.78 is 0. The Morgan fingerprint density at radius 2 is 1.71 bits per heavy atom. The first kappa shape index (κ1) is 16.2. The van der Waals surface area contributed by atoms with Crippen LogP contribution in [0.15, 0.2) is 46.6 Å². The second-order valence-corrected chi connectivity index (χ2v) is 8.41.